The van der Waals surface area contributed by atoms with E-state index >= 15 is 0 Å². The second-order valence-electron chi connectivity index (χ2n) is 6.40. The molecule has 1 heterocycles. The molecule has 26 heavy (non-hydrogen) atoms. The van der Waals surface area contributed by atoms with Crippen LogP contribution in [0.1, 0.15) is 17.5 Å². The van der Waals surface area contributed by atoms with Crippen molar-refractivity contribution >= 4 is 6.21 Å². The number of hydrogen-bond donors (Lipinski definition) is 0. The van der Waals surface area contributed by atoms with Gasteiger partial charge in [0.05, 0.1) is 27.4 Å². The number of benzene rings is 2. The lowest BCUT2D eigenvalue weighted by Crippen LogP contribution is -2.21. The van der Waals surface area contributed by atoms with Crippen molar-refractivity contribution in [3.05, 3.63) is 53.6 Å². The molecular formula is C21H26N2O3. The van der Waals surface area contributed by atoms with Crippen LogP contribution in [0.25, 0.3) is 0 Å². The molecule has 138 valence electrons. The molecule has 2 aromatic rings. The molecule has 1 atom stereocenters. The smallest absolute Gasteiger partial charge is 0.203 e. The second-order valence-corrected chi connectivity index (χ2v) is 6.40. The Bertz CT molecular complexity index is 721. The van der Waals surface area contributed by atoms with Gasteiger partial charge in [-0.15, -0.1) is 0 Å². The Labute approximate surface area is 155 Å². The van der Waals surface area contributed by atoms with Gasteiger partial charge in [-0.3, -0.25) is 9.89 Å². The minimum atomic E-state index is 0.317. The summed E-state index contributed by atoms with van der Waals surface area (Å²) in [6.45, 7) is 3.04. The maximum Gasteiger partial charge on any atom is 0.203 e. The van der Waals surface area contributed by atoms with E-state index in [9.17, 15) is 0 Å². The van der Waals surface area contributed by atoms with Crippen LogP contribution in [0.4, 0.5) is 0 Å². The zero-order chi connectivity index (χ0) is 18.4. The predicted molar refractivity (Wildman–Crippen MR) is 104 cm³/mol. The Balaban J connectivity index is 1.65. The van der Waals surface area contributed by atoms with Crippen LogP contribution >= 0.6 is 0 Å². The van der Waals surface area contributed by atoms with Crippen LogP contribution in [0, 0.1) is 0 Å². The third kappa shape index (κ3) is 4.35. The molecule has 1 aliphatic rings. The van der Waals surface area contributed by atoms with E-state index in [1.807, 2.05) is 18.3 Å². The standard InChI is InChI=1S/C21H26N2O3/c1-24-19-11-17(12-20(25-2)21(19)26-3)13-22-18-9-10-23(15-18)14-16-7-5-4-6-8-16/h4-8,11-13,18H,9-10,14-15H2,1-3H3. The molecule has 0 saturated carbocycles. The first-order valence-electron chi connectivity index (χ1n) is 8.83. The summed E-state index contributed by atoms with van der Waals surface area (Å²) < 4.78 is 16.2. The third-order valence-electron chi connectivity index (χ3n) is 4.62. The summed E-state index contributed by atoms with van der Waals surface area (Å²) in [5.41, 5.74) is 2.29. The highest BCUT2D eigenvalue weighted by Gasteiger charge is 2.21. The van der Waals surface area contributed by atoms with Crippen LogP contribution in [-0.2, 0) is 6.54 Å². The summed E-state index contributed by atoms with van der Waals surface area (Å²) in [7, 11) is 4.85. The molecule has 0 N–H and O–H groups in total. The lowest BCUT2D eigenvalue weighted by Gasteiger charge is -2.15. The van der Waals surface area contributed by atoms with Crippen molar-refractivity contribution in [3.63, 3.8) is 0 Å². The average molecular weight is 354 g/mol. The Morgan fingerprint density at radius 1 is 1.04 bits per heavy atom. The molecule has 1 aliphatic heterocycles. The van der Waals surface area contributed by atoms with E-state index in [2.05, 4.69) is 35.2 Å². The van der Waals surface area contributed by atoms with Crippen molar-refractivity contribution in [2.75, 3.05) is 34.4 Å². The van der Waals surface area contributed by atoms with Gasteiger partial charge in [0.1, 0.15) is 0 Å². The van der Waals surface area contributed by atoms with Crippen molar-refractivity contribution in [1.29, 1.82) is 0 Å². The quantitative estimate of drug-likeness (QED) is 0.715. The first-order valence-corrected chi connectivity index (χ1v) is 8.83. The highest BCUT2D eigenvalue weighted by molar-refractivity contribution is 5.82. The Kier molecular flexibility index (Phi) is 6.12. The monoisotopic (exact) mass is 354 g/mol. The molecule has 1 unspecified atom stereocenters. The van der Waals surface area contributed by atoms with Crippen LogP contribution in [-0.4, -0.2) is 51.6 Å². The third-order valence-corrected chi connectivity index (χ3v) is 4.62. The van der Waals surface area contributed by atoms with Crippen LogP contribution in [0.15, 0.2) is 47.5 Å². The average Bonchev–Trinajstić information content (AvgIpc) is 3.13. The summed E-state index contributed by atoms with van der Waals surface area (Å²) in [4.78, 5) is 7.22. The van der Waals surface area contributed by atoms with Gasteiger partial charge in [0.25, 0.3) is 0 Å². The van der Waals surface area contributed by atoms with E-state index < -0.39 is 0 Å². The molecule has 1 saturated heterocycles. The highest BCUT2D eigenvalue weighted by atomic mass is 16.5. The van der Waals surface area contributed by atoms with Gasteiger partial charge in [-0.1, -0.05) is 30.3 Å². The fraction of sp³-hybridized carbons (Fsp3) is 0.381. The minimum Gasteiger partial charge on any atom is -0.493 e. The second kappa shape index (κ2) is 8.72. The van der Waals surface area contributed by atoms with E-state index in [1.54, 1.807) is 21.3 Å². The van der Waals surface area contributed by atoms with E-state index in [1.165, 1.54) is 5.56 Å². The number of aliphatic imine (C=N–C) groups is 1. The maximum atomic E-state index is 5.40. The molecule has 0 amide bonds. The van der Waals surface area contributed by atoms with Gasteiger partial charge in [-0.2, -0.15) is 0 Å². The first-order chi connectivity index (χ1) is 12.7. The van der Waals surface area contributed by atoms with Crippen molar-refractivity contribution in [1.82, 2.24) is 4.90 Å². The zero-order valence-electron chi connectivity index (χ0n) is 15.6. The van der Waals surface area contributed by atoms with Crippen LogP contribution < -0.4 is 14.2 Å². The first kappa shape index (κ1) is 18.3. The molecule has 5 heteroatoms. The maximum absolute atomic E-state index is 5.40. The van der Waals surface area contributed by atoms with Gasteiger partial charge in [-0.25, -0.2) is 0 Å². The van der Waals surface area contributed by atoms with E-state index in [-0.39, 0.29) is 0 Å². The molecule has 0 aliphatic carbocycles. The van der Waals surface area contributed by atoms with Gasteiger partial charge in [0.15, 0.2) is 11.5 Å². The van der Waals surface area contributed by atoms with Crippen molar-refractivity contribution in [2.45, 2.75) is 19.0 Å². The van der Waals surface area contributed by atoms with Gasteiger partial charge in [0.2, 0.25) is 5.75 Å². The van der Waals surface area contributed by atoms with Crippen LogP contribution in [0.2, 0.25) is 0 Å². The van der Waals surface area contributed by atoms with Gasteiger partial charge in [-0.05, 0) is 29.7 Å². The summed E-state index contributed by atoms with van der Waals surface area (Å²) in [6.07, 6.45) is 2.98. The number of methoxy groups -OCH3 is 3. The number of ether oxygens (including phenoxy) is 3. The largest absolute Gasteiger partial charge is 0.493 e. The molecule has 2 aromatic carbocycles. The molecule has 5 nitrogen and oxygen atoms in total. The number of hydrogen-bond acceptors (Lipinski definition) is 5. The SMILES string of the molecule is COc1cc(C=NC2CCN(Cc3ccccc3)C2)cc(OC)c1OC. The molecule has 0 radical (unpaired) electrons. The molecule has 3 rings (SSSR count). The van der Waals surface area contributed by atoms with Crippen LogP contribution in [0.3, 0.4) is 0 Å². The normalized spacial score (nSPS) is 17.6. The fourth-order valence-corrected chi connectivity index (χ4v) is 3.29. The topological polar surface area (TPSA) is 43.3 Å². The molecule has 0 aromatic heterocycles. The number of likely N-dealkylation sites (tertiary alicyclic amines) is 1. The van der Waals surface area contributed by atoms with Crippen molar-refractivity contribution in [2.24, 2.45) is 4.99 Å². The summed E-state index contributed by atoms with van der Waals surface area (Å²) >= 11 is 0. The Hall–Kier alpha value is -2.53. The highest BCUT2D eigenvalue weighted by Crippen LogP contribution is 2.37. The van der Waals surface area contributed by atoms with Crippen LogP contribution in [0.5, 0.6) is 17.2 Å². The number of nitrogens with zero attached hydrogens (tertiary/aromatic N) is 2. The number of rotatable bonds is 7. The fourth-order valence-electron chi connectivity index (χ4n) is 3.29. The van der Waals surface area contributed by atoms with Crippen molar-refractivity contribution < 1.29 is 14.2 Å². The minimum absolute atomic E-state index is 0.317. The lowest BCUT2D eigenvalue weighted by molar-refractivity contribution is 0.324. The van der Waals surface area contributed by atoms with E-state index in [0.29, 0.717) is 23.3 Å². The molecule has 0 spiro atoms. The molecular weight excluding hydrogens is 328 g/mol. The van der Waals surface area contributed by atoms with E-state index in [4.69, 9.17) is 19.2 Å². The summed E-state index contributed by atoms with van der Waals surface area (Å²) in [5.74, 6) is 1.89. The predicted octanol–water partition coefficient (Wildman–Crippen LogP) is 3.41. The van der Waals surface area contributed by atoms with Gasteiger partial charge in [0, 0.05) is 25.8 Å². The Morgan fingerprint density at radius 2 is 1.73 bits per heavy atom. The summed E-state index contributed by atoms with van der Waals surface area (Å²) in [5, 5.41) is 0. The van der Waals surface area contributed by atoms with E-state index in [0.717, 1.165) is 31.6 Å². The summed E-state index contributed by atoms with van der Waals surface area (Å²) in [6, 6.07) is 14.7. The molecule has 0 bridgehead atoms. The molecule has 1 fully saturated rings. The van der Waals surface area contributed by atoms with Crippen molar-refractivity contribution in [3.8, 4) is 17.2 Å². The lowest BCUT2D eigenvalue weighted by atomic mass is 10.2. The van der Waals surface area contributed by atoms with Gasteiger partial charge >= 0.3 is 0 Å². The Morgan fingerprint density at radius 3 is 2.35 bits per heavy atom. The van der Waals surface area contributed by atoms with Gasteiger partial charge < -0.3 is 14.2 Å². The zero-order valence-corrected chi connectivity index (χ0v) is 15.6.